The Morgan fingerprint density at radius 3 is 2.40 bits per heavy atom. The minimum atomic E-state index is -1.84. The first-order valence-electron chi connectivity index (χ1n) is 16.6. The maximum absolute atomic E-state index is 13.0. The lowest BCUT2D eigenvalue weighted by molar-refractivity contribution is -0.239. The molecule has 1 saturated heterocycles. The molecule has 0 spiro atoms. The fourth-order valence-electron chi connectivity index (χ4n) is 11.1. The molecule has 4 nitrogen and oxygen atoms in total. The van der Waals surface area contributed by atoms with E-state index >= 15 is 0 Å². The average Bonchev–Trinajstić information content (AvgIpc) is 3.26. The highest BCUT2D eigenvalue weighted by molar-refractivity contribution is 6.74. The van der Waals surface area contributed by atoms with Crippen molar-refractivity contribution in [2.45, 2.75) is 150 Å². The monoisotopic (exact) mass is 572 g/mol. The van der Waals surface area contributed by atoms with Crippen molar-refractivity contribution < 1.29 is 19.1 Å². The number of fused-ring (bicyclic) bond motifs is 7. The van der Waals surface area contributed by atoms with Gasteiger partial charge in [-0.2, -0.15) is 0 Å². The van der Waals surface area contributed by atoms with Gasteiger partial charge < -0.3 is 14.3 Å². The summed E-state index contributed by atoms with van der Waals surface area (Å²) < 4.78 is 13.2. The van der Waals surface area contributed by atoms with Gasteiger partial charge in [0.15, 0.2) is 8.32 Å². The van der Waals surface area contributed by atoms with Crippen LogP contribution in [0.2, 0.25) is 18.1 Å². The van der Waals surface area contributed by atoms with E-state index in [9.17, 15) is 9.90 Å². The Kier molecular flexibility index (Phi) is 7.65. The van der Waals surface area contributed by atoms with E-state index in [0.29, 0.717) is 23.9 Å². The lowest BCUT2D eigenvalue weighted by Crippen LogP contribution is -2.66. The highest BCUT2D eigenvalue weighted by Gasteiger charge is 2.73. The quantitative estimate of drug-likeness (QED) is 0.204. The molecule has 0 aromatic heterocycles. The summed E-state index contributed by atoms with van der Waals surface area (Å²) in [5.74, 6) is 1.99. The number of aliphatic hydroxyl groups excluding tert-OH is 1. The molecule has 5 rings (SSSR count). The van der Waals surface area contributed by atoms with Crippen LogP contribution in [-0.2, 0) is 14.0 Å². The molecule has 12 atom stereocenters. The molecule has 0 bridgehead atoms. The topological polar surface area (TPSA) is 55.8 Å². The Morgan fingerprint density at radius 2 is 1.77 bits per heavy atom. The molecule has 0 radical (unpaired) electrons. The van der Waals surface area contributed by atoms with Gasteiger partial charge in [-0.05, 0) is 123 Å². The molecule has 40 heavy (non-hydrogen) atoms. The number of esters is 1. The minimum Gasteiger partial charge on any atom is -0.462 e. The Hall–Kier alpha value is -0.653. The zero-order valence-electron chi connectivity index (χ0n) is 27.6. The molecule has 0 unspecified atom stereocenters. The zero-order valence-corrected chi connectivity index (χ0v) is 28.6. The van der Waals surface area contributed by atoms with E-state index in [1.807, 2.05) is 0 Å². The van der Waals surface area contributed by atoms with Gasteiger partial charge in [0.1, 0.15) is 6.10 Å². The van der Waals surface area contributed by atoms with Gasteiger partial charge in [-0.3, -0.25) is 4.79 Å². The number of carbonyl (C=O) groups is 1. The predicted molar refractivity (Wildman–Crippen MR) is 165 cm³/mol. The van der Waals surface area contributed by atoms with E-state index in [-0.39, 0.29) is 57.2 Å². The number of ether oxygens (including phenoxy) is 1. The molecule has 5 heteroatoms. The maximum atomic E-state index is 13.0. The van der Waals surface area contributed by atoms with Crippen LogP contribution in [0.4, 0.5) is 0 Å². The summed E-state index contributed by atoms with van der Waals surface area (Å²) >= 11 is 0. The first kappa shape index (κ1) is 30.8. The van der Waals surface area contributed by atoms with Gasteiger partial charge in [0, 0.05) is 12.0 Å². The number of rotatable bonds is 5. The van der Waals surface area contributed by atoms with E-state index in [1.54, 1.807) is 0 Å². The smallest absolute Gasteiger partial charge is 0.309 e. The second-order valence-corrected chi connectivity index (χ2v) is 22.2. The summed E-state index contributed by atoms with van der Waals surface area (Å²) in [6.07, 6.45) is 10.6. The Bertz CT molecular complexity index is 1020. The van der Waals surface area contributed by atoms with Gasteiger partial charge in [-0.15, -0.1) is 0 Å². The molecule has 5 aliphatic rings. The highest BCUT2D eigenvalue weighted by Crippen LogP contribution is 2.75. The number of allylic oxidation sites excluding steroid dienone is 2. The van der Waals surface area contributed by atoms with Crippen molar-refractivity contribution in [1.29, 1.82) is 0 Å². The van der Waals surface area contributed by atoms with Crippen molar-refractivity contribution in [2.24, 2.45) is 51.8 Å². The van der Waals surface area contributed by atoms with Crippen LogP contribution in [0.1, 0.15) is 114 Å². The molecule has 1 aliphatic heterocycles. The van der Waals surface area contributed by atoms with Gasteiger partial charge in [0.25, 0.3) is 0 Å². The fraction of sp³-hybridized carbons (Fsp3) is 0.914. The largest absolute Gasteiger partial charge is 0.462 e. The molecular weight excluding hydrogens is 512 g/mol. The molecule has 4 saturated carbocycles. The van der Waals surface area contributed by atoms with Gasteiger partial charge >= 0.3 is 5.97 Å². The molecule has 5 fully saturated rings. The number of hydrogen-bond acceptors (Lipinski definition) is 4. The van der Waals surface area contributed by atoms with Crippen molar-refractivity contribution in [3.8, 4) is 0 Å². The lowest BCUT2D eigenvalue weighted by atomic mass is 9.36. The third-order valence-electron chi connectivity index (χ3n) is 14.2. The molecule has 228 valence electrons. The number of carbonyl (C=O) groups excluding carboxylic acids is 1. The van der Waals surface area contributed by atoms with Gasteiger partial charge in [-0.1, -0.05) is 60.1 Å². The fourth-order valence-corrected chi connectivity index (χ4v) is 12.5. The first-order chi connectivity index (χ1) is 18.4. The minimum absolute atomic E-state index is 0.0188. The van der Waals surface area contributed by atoms with Crippen molar-refractivity contribution >= 4 is 14.3 Å². The summed E-state index contributed by atoms with van der Waals surface area (Å²) in [5.41, 5.74) is 1.57. The van der Waals surface area contributed by atoms with Crippen LogP contribution in [0.15, 0.2) is 11.6 Å². The second-order valence-electron chi connectivity index (χ2n) is 17.4. The van der Waals surface area contributed by atoms with E-state index < -0.39 is 8.32 Å². The maximum Gasteiger partial charge on any atom is 0.309 e. The summed E-state index contributed by atoms with van der Waals surface area (Å²) in [4.78, 5) is 13.0. The summed E-state index contributed by atoms with van der Waals surface area (Å²) in [6, 6.07) is 0. The first-order valence-corrected chi connectivity index (χ1v) is 19.5. The zero-order chi connectivity index (χ0) is 29.6. The van der Waals surface area contributed by atoms with E-state index in [0.717, 1.165) is 44.9 Å². The standard InChI is InChI=1S/C35H60O4Si/c1-21(2)13-12-14-23-29-25-19-26(36)30-33(7)17-16-27(39-40(10,11)32(4,5)6)22(3)24(33)15-18-34(30,8)35(25,9)20-28(29)38-31(23)37/h13,22-30,36H,12,14-20H2,1-11H3/t22-,23+,24-,25-,26+,27+,28-,29+,30-,33-,34-,35-/m0/s1. The van der Waals surface area contributed by atoms with Crippen molar-refractivity contribution in [3.63, 3.8) is 0 Å². The molecule has 0 aromatic carbocycles. The van der Waals surface area contributed by atoms with Gasteiger partial charge in [0.2, 0.25) is 0 Å². The van der Waals surface area contributed by atoms with Crippen LogP contribution in [0.5, 0.6) is 0 Å². The van der Waals surface area contributed by atoms with Crippen LogP contribution in [0.25, 0.3) is 0 Å². The van der Waals surface area contributed by atoms with Crippen molar-refractivity contribution in [2.75, 3.05) is 0 Å². The van der Waals surface area contributed by atoms with E-state index in [1.165, 1.54) is 12.0 Å². The predicted octanol–water partition coefficient (Wildman–Crippen LogP) is 8.54. The van der Waals surface area contributed by atoms with Crippen molar-refractivity contribution in [1.82, 2.24) is 0 Å². The average molecular weight is 573 g/mol. The molecule has 4 aliphatic carbocycles. The van der Waals surface area contributed by atoms with Crippen molar-refractivity contribution in [3.05, 3.63) is 11.6 Å². The van der Waals surface area contributed by atoms with Crippen LogP contribution >= 0.6 is 0 Å². The third kappa shape index (κ3) is 4.45. The summed E-state index contributed by atoms with van der Waals surface area (Å²) in [7, 11) is -1.84. The van der Waals surface area contributed by atoms with Gasteiger partial charge in [0.05, 0.1) is 12.0 Å². The normalized spacial score (nSPS) is 48.5. The number of hydrogen-bond donors (Lipinski definition) is 1. The van der Waals surface area contributed by atoms with Crippen LogP contribution < -0.4 is 0 Å². The SMILES string of the molecule is CC(C)=CCC[C@H]1C(=O)O[C@H]2C[C@@]3(C)[C@@H](C[C@@H](O)[C@H]4[C@@]5(C)CC[C@@H](O[Si](C)(C)C(C)(C)C)[C@@H](C)[C@@H]5CC[C@@]43C)[C@H]21. The Labute approximate surface area is 246 Å². The Balaban J connectivity index is 1.41. The number of aliphatic hydroxyl groups is 1. The molecule has 1 N–H and O–H groups in total. The summed E-state index contributed by atoms with van der Waals surface area (Å²) in [5, 5.41) is 12.4. The lowest BCUT2D eigenvalue weighted by Gasteiger charge is -2.69. The molecule has 0 amide bonds. The third-order valence-corrected chi connectivity index (χ3v) is 18.8. The summed E-state index contributed by atoms with van der Waals surface area (Å²) in [6.45, 7) is 26.1. The van der Waals surface area contributed by atoms with Crippen LogP contribution in [0, 0.1) is 51.8 Å². The van der Waals surface area contributed by atoms with Crippen LogP contribution in [-0.4, -0.2) is 37.7 Å². The Morgan fingerprint density at radius 1 is 1.10 bits per heavy atom. The second kappa shape index (κ2) is 9.94. The van der Waals surface area contributed by atoms with E-state index in [2.05, 4.69) is 81.5 Å². The van der Waals surface area contributed by atoms with E-state index in [4.69, 9.17) is 9.16 Å². The van der Waals surface area contributed by atoms with Crippen LogP contribution in [0.3, 0.4) is 0 Å². The highest BCUT2D eigenvalue weighted by atomic mass is 28.4. The molecule has 0 aromatic rings. The molecule has 1 heterocycles. The molecular formula is C35H60O4Si. The van der Waals surface area contributed by atoms with Gasteiger partial charge in [-0.25, -0.2) is 0 Å².